The molecule has 0 saturated carbocycles. The number of hydrogen-bond donors (Lipinski definition) is 1. The molecule has 1 aliphatic rings. The Morgan fingerprint density at radius 1 is 1.30 bits per heavy atom. The van der Waals surface area contributed by atoms with Gasteiger partial charge < -0.3 is 15.4 Å². The second kappa shape index (κ2) is 6.50. The number of hydrogen-bond acceptors (Lipinski definition) is 3. The molecule has 1 atom stereocenters. The van der Waals surface area contributed by atoms with Crippen molar-refractivity contribution in [1.29, 1.82) is 0 Å². The number of likely N-dealkylation sites (tertiary alicyclic amines) is 1. The van der Waals surface area contributed by atoms with E-state index in [0.29, 0.717) is 34.5 Å². The van der Waals surface area contributed by atoms with Gasteiger partial charge in [-0.05, 0) is 18.1 Å². The summed E-state index contributed by atoms with van der Waals surface area (Å²) in [6.07, 6.45) is 0.959. The molecule has 120 valence electrons. The maximum absolute atomic E-state index is 12.8. The first kappa shape index (κ1) is 15.7. The highest BCUT2D eigenvalue weighted by Gasteiger charge is 2.29. The Hall–Kier alpha value is -2.20. The van der Waals surface area contributed by atoms with E-state index in [1.165, 1.54) is 12.7 Å². The number of ether oxygens (including phenoxy) is 1. The normalized spacial score (nSPS) is 17.3. The van der Waals surface area contributed by atoms with Crippen molar-refractivity contribution >= 4 is 23.2 Å². The SMILES string of the molecule is COc1cc(N)c(Cl)cc1C(=O)N1CCC(c2ccccc2)C1. The lowest BCUT2D eigenvalue weighted by atomic mass is 9.99. The molecule has 5 heteroatoms. The molecule has 4 nitrogen and oxygen atoms in total. The van der Waals surface area contributed by atoms with Gasteiger partial charge in [-0.15, -0.1) is 0 Å². The lowest BCUT2D eigenvalue weighted by Gasteiger charge is -2.19. The summed E-state index contributed by atoms with van der Waals surface area (Å²) in [7, 11) is 1.52. The molecule has 2 aromatic carbocycles. The lowest BCUT2D eigenvalue weighted by Crippen LogP contribution is -2.28. The number of carbonyl (C=O) groups excluding carboxylic acids is 1. The van der Waals surface area contributed by atoms with E-state index in [1.807, 2.05) is 23.1 Å². The van der Waals surface area contributed by atoms with Gasteiger partial charge in [0, 0.05) is 25.1 Å². The first-order chi connectivity index (χ1) is 11.1. The molecule has 1 heterocycles. The third-order valence-electron chi connectivity index (χ3n) is 4.30. The minimum absolute atomic E-state index is 0.0674. The highest BCUT2D eigenvalue weighted by molar-refractivity contribution is 6.33. The Labute approximate surface area is 140 Å². The van der Waals surface area contributed by atoms with Crippen LogP contribution in [0.15, 0.2) is 42.5 Å². The molecule has 2 N–H and O–H groups in total. The first-order valence-electron chi connectivity index (χ1n) is 7.57. The van der Waals surface area contributed by atoms with Crippen molar-refractivity contribution in [3.05, 3.63) is 58.6 Å². The fourth-order valence-electron chi connectivity index (χ4n) is 3.02. The number of nitrogen functional groups attached to an aromatic ring is 1. The third kappa shape index (κ3) is 3.13. The number of amides is 1. The molecule has 0 aromatic heterocycles. The van der Waals surface area contributed by atoms with Crippen molar-refractivity contribution in [3.8, 4) is 5.75 Å². The van der Waals surface area contributed by atoms with E-state index < -0.39 is 0 Å². The average molecular weight is 331 g/mol. The van der Waals surface area contributed by atoms with Gasteiger partial charge in [0.15, 0.2) is 0 Å². The lowest BCUT2D eigenvalue weighted by molar-refractivity contribution is 0.0787. The van der Waals surface area contributed by atoms with Crippen LogP contribution in [-0.2, 0) is 0 Å². The van der Waals surface area contributed by atoms with Crippen LogP contribution in [0.5, 0.6) is 5.75 Å². The Kier molecular flexibility index (Phi) is 4.44. The van der Waals surface area contributed by atoms with Crippen LogP contribution in [0.2, 0.25) is 5.02 Å². The predicted molar refractivity (Wildman–Crippen MR) is 92.1 cm³/mol. The molecule has 0 radical (unpaired) electrons. The van der Waals surface area contributed by atoms with E-state index in [-0.39, 0.29) is 5.91 Å². The van der Waals surface area contributed by atoms with Crippen LogP contribution in [0, 0.1) is 0 Å². The number of anilines is 1. The average Bonchev–Trinajstić information content (AvgIpc) is 3.07. The number of nitrogens with two attached hydrogens (primary N) is 1. The van der Waals surface area contributed by atoms with E-state index in [0.717, 1.165) is 13.0 Å². The van der Waals surface area contributed by atoms with Crippen LogP contribution in [0.1, 0.15) is 28.3 Å². The van der Waals surface area contributed by atoms with Gasteiger partial charge in [-0.3, -0.25) is 4.79 Å². The molecule has 1 unspecified atom stereocenters. The van der Waals surface area contributed by atoms with Gasteiger partial charge in [-0.2, -0.15) is 0 Å². The van der Waals surface area contributed by atoms with E-state index in [1.54, 1.807) is 12.1 Å². The molecule has 0 spiro atoms. The third-order valence-corrected chi connectivity index (χ3v) is 4.62. The van der Waals surface area contributed by atoms with Crippen LogP contribution in [-0.4, -0.2) is 31.0 Å². The molecule has 1 amide bonds. The van der Waals surface area contributed by atoms with E-state index >= 15 is 0 Å². The fourth-order valence-corrected chi connectivity index (χ4v) is 3.18. The van der Waals surface area contributed by atoms with Gasteiger partial charge in [-0.1, -0.05) is 41.9 Å². The summed E-state index contributed by atoms with van der Waals surface area (Å²) < 4.78 is 5.29. The van der Waals surface area contributed by atoms with Crippen LogP contribution in [0.3, 0.4) is 0 Å². The second-order valence-corrected chi connectivity index (χ2v) is 6.13. The van der Waals surface area contributed by atoms with Gasteiger partial charge in [0.05, 0.1) is 23.4 Å². The molecular weight excluding hydrogens is 312 g/mol. The molecule has 0 bridgehead atoms. The van der Waals surface area contributed by atoms with E-state index in [4.69, 9.17) is 22.1 Å². The van der Waals surface area contributed by atoms with Crippen LogP contribution >= 0.6 is 11.6 Å². The molecule has 3 rings (SSSR count). The molecule has 1 aliphatic heterocycles. The quantitative estimate of drug-likeness (QED) is 0.875. The minimum Gasteiger partial charge on any atom is -0.496 e. The largest absolute Gasteiger partial charge is 0.496 e. The number of benzene rings is 2. The van der Waals surface area contributed by atoms with Gasteiger partial charge >= 0.3 is 0 Å². The Bertz CT molecular complexity index is 718. The molecule has 2 aromatic rings. The topological polar surface area (TPSA) is 55.6 Å². The Morgan fingerprint density at radius 3 is 2.74 bits per heavy atom. The summed E-state index contributed by atoms with van der Waals surface area (Å²) in [5, 5.41) is 0.368. The number of carbonyl (C=O) groups is 1. The van der Waals surface area contributed by atoms with Crippen molar-refractivity contribution in [2.45, 2.75) is 12.3 Å². The summed E-state index contributed by atoms with van der Waals surface area (Å²) in [5.41, 5.74) is 7.91. The maximum atomic E-state index is 12.8. The molecule has 1 fully saturated rings. The van der Waals surface area contributed by atoms with E-state index in [9.17, 15) is 4.79 Å². The minimum atomic E-state index is -0.0674. The van der Waals surface area contributed by atoms with Gasteiger partial charge in [-0.25, -0.2) is 0 Å². The second-order valence-electron chi connectivity index (χ2n) is 5.72. The molecule has 23 heavy (non-hydrogen) atoms. The molecular formula is C18H19ClN2O2. The maximum Gasteiger partial charge on any atom is 0.257 e. The molecule has 0 aliphatic carbocycles. The van der Waals surface area contributed by atoms with Crippen LogP contribution < -0.4 is 10.5 Å². The zero-order valence-corrected chi connectivity index (χ0v) is 13.7. The summed E-state index contributed by atoms with van der Waals surface area (Å²) in [6, 6.07) is 13.5. The zero-order chi connectivity index (χ0) is 16.4. The van der Waals surface area contributed by atoms with Gasteiger partial charge in [0.1, 0.15) is 5.75 Å². The number of rotatable bonds is 3. The fraction of sp³-hybridized carbons (Fsp3) is 0.278. The van der Waals surface area contributed by atoms with Crippen molar-refractivity contribution in [2.24, 2.45) is 0 Å². The smallest absolute Gasteiger partial charge is 0.257 e. The van der Waals surface area contributed by atoms with Crippen LogP contribution in [0.4, 0.5) is 5.69 Å². The van der Waals surface area contributed by atoms with Gasteiger partial charge in [0.2, 0.25) is 0 Å². The summed E-state index contributed by atoms with van der Waals surface area (Å²) in [6.45, 7) is 1.43. The summed E-state index contributed by atoms with van der Waals surface area (Å²) in [4.78, 5) is 14.7. The highest BCUT2D eigenvalue weighted by atomic mass is 35.5. The van der Waals surface area contributed by atoms with E-state index in [2.05, 4.69) is 12.1 Å². The van der Waals surface area contributed by atoms with Crippen molar-refractivity contribution in [1.82, 2.24) is 4.90 Å². The van der Waals surface area contributed by atoms with Crippen molar-refractivity contribution in [3.63, 3.8) is 0 Å². The number of nitrogens with zero attached hydrogens (tertiary/aromatic N) is 1. The standard InChI is InChI=1S/C18H19ClN2O2/c1-23-17-10-16(20)15(19)9-14(17)18(22)21-8-7-13(11-21)12-5-3-2-4-6-12/h2-6,9-10,13H,7-8,11,20H2,1H3. The predicted octanol–water partition coefficient (Wildman–Crippen LogP) is 3.56. The van der Waals surface area contributed by atoms with Crippen molar-refractivity contribution < 1.29 is 9.53 Å². The number of methoxy groups -OCH3 is 1. The molecule has 1 saturated heterocycles. The number of halogens is 1. The monoisotopic (exact) mass is 330 g/mol. The Morgan fingerprint density at radius 2 is 2.04 bits per heavy atom. The van der Waals surface area contributed by atoms with Crippen LogP contribution in [0.25, 0.3) is 0 Å². The summed E-state index contributed by atoms with van der Waals surface area (Å²) in [5.74, 6) is 0.762. The first-order valence-corrected chi connectivity index (χ1v) is 7.95. The highest BCUT2D eigenvalue weighted by Crippen LogP contribution is 2.33. The summed E-state index contributed by atoms with van der Waals surface area (Å²) >= 11 is 6.07. The van der Waals surface area contributed by atoms with Crippen molar-refractivity contribution in [2.75, 3.05) is 25.9 Å². The van der Waals surface area contributed by atoms with Gasteiger partial charge in [0.25, 0.3) is 5.91 Å². The Balaban J connectivity index is 1.81. The zero-order valence-electron chi connectivity index (χ0n) is 13.0.